The topological polar surface area (TPSA) is 76.5 Å². The number of ether oxygens (including phenoxy) is 1. The molecule has 1 aromatic carbocycles. The van der Waals surface area contributed by atoms with Crippen molar-refractivity contribution in [2.45, 2.75) is 13.1 Å². The van der Waals surface area contributed by atoms with Gasteiger partial charge in [-0.1, -0.05) is 30.3 Å². The van der Waals surface area contributed by atoms with Crippen LogP contribution in [0.3, 0.4) is 0 Å². The van der Waals surface area contributed by atoms with E-state index in [-0.39, 0.29) is 22.7 Å². The summed E-state index contributed by atoms with van der Waals surface area (Å²) in [5, 5.41) is 3.81. The molecule has 0 spiro atoms. The van der Waals surface area contributed by atoms with Gasteiger partial charge in [-0.2, -0.15) is 17.7 Å². The number of alkyl halides is 3. The first-order valence-electron chi connectivity index (χ1n) is 8.83. The quantitative estimate of drug-likeness (QED) is 0.477. The zero-order valence-electron chi connectivity index (χ0n) is 15.5. The van der Waals surface area contributed by atoms with Crippen molar-refractivity contribution < 1.29 is 22.7 Å². The third-order valence-corrected chi connectivity index (χ3v) is 5.34. The number of hydrogen-bond acceptors (Lipinski definition) is 5. The molecular formula is C20H14F3N3O3S. The summed E-state index contributed by atoms with van der Waals surface area (Å²) < 4.78 is 46.7. The maximum atomic E-state index is 13.8. The highest BCUT2D eigenvalue weighted by Gasteiger charge is 2.39. The molecule has 0 unspecified atom stereocenters. The zero-order chi connectivity index (χ0) is 21.5. The number of aromatic nitrogens is 3. The molecule has 0 bridgehead atoms. The lowest BCUT2D eigenvalue weighted by Crippen LogP contribution is -2.24. The second-order valence-corrected chi connectivity index (χ2v) is 7.19. The summed E-state index contributed by atoms with van der Waals surface area (Å²) in [5.41, 5.74) is -1.41. The molecule has 4 aromatic rings. The van der Waals surface area contributed by atoms with E-state index >= 15 is 0 Å². The molecular weight excluding hydrogens is 419 g/mol. The molecule has 6 nitrogen and oxygen atoms in total. The smallest absolute Gasteiger partial charge is 0.433 e. The Bertz CT molecular complexity index is 1290. The van der Waals surface area contributed by atoms with Crippen molar-refractivity contribution in [2.75, 3.05) is 6.61 Å². The van der Waals surface area contributed by atoms with E-state index in [0.29, 0.717) is 4.52 Å². The first-order chi connectivity index (χ1) is 14.3. The van der Waals surface area contributed by atoms with Gasteiger partial charge in [0.25, 0.3) is 5.56 Å². The molecule has 30 heavy (non-hydrogen) atoms. The van der Waals surface area contributed by atoms with E-state index < -0.39 is 29.0 Å². The fourth-order valence-corrected chi connectivity index (χ4v) is 4.02. The molecule has 0 atom stereocenters. The number of H-pyrrole nitrogens is 1. The molecule has 0 fully saturated rings. The Morgan fingerprint density at radius 1 is 1.23 bits per heavy atom. The van der Waals surface area contributed by atoms with Crippen LogP contribution in [0.4, 0.5) is 13.2 Å². The number of nitrogens with one attached hydrogen (secondary N) is 1. The molecule has 4 rings (SSSR count). The molecule has 1 N–H and O–H groups in total. The molecule has 0 aliphatic rings. The van der Waals surface area contributed by atoms with Crippen LogP contribution < -0.4 is 5.56 Å². The van der Waals surface area contributed by atoms with Crippen molar-refractivity contribution in [3.8, 4) is 21.6 Å². The number of thiophene rings is 1. The summed E-state index contributed by atoms with van der Waals surface area (Å²) in [4.78, 5) is 28.8. The second kappa shape index (κ2) is 7.45. The minimum Gasteiger partial charge on any atom is -0.462 e. The standard InChI is InChI=1S/C20H14F3N3O3S/c1-2-29-19(28)13-9-24-17-15(16(20(21,22)23)25-26(17)18(13)27)14-8-12(10-30-14)11-6-4-3-5-7-11/h3-10,25H,2H2,1H3. The van der Waals surface area contributed by atoms with E-state index in [1.54, 1.807) is 18.4 Å². The fraction of sp³-hybridized carbons (Fsp3) is 0.150. The highest BCUT2D eigenvalue weighted by molar-refractivity contribution is 7.14. The van der Waals surface area contributed by atoms with Gasteiger partial charge < -0.3 is 4.74 Å². The monoisotopic (exact) mass is 433 g/mol. The van der Waals surface area contributed by atoms with Crippen LogP contribution in [0.2, 0.25) is 0 Å². The molecule has 3 heterocycles. The predicted octanol–water partition coefficient (Wildman–Crippen LogP) is 4.61. The lowest BCUT2D eigenvalue weighted by molar-refractivity contribution is -0.140. The Labute approximate surface area is 171 Å². The molecule has 10 heteroatoms. The van der Waals surface area contributed by atoms with Crippen molar-refractivity contribution in [1.82, 2.24) is 14.6 Å². The van der Waals surface area contributed by atoms with Gasteiger partial charge in [-0.15, -0.1) is 11.3 Å². The highest BCUT2D eigenvalue weighted by Crippen LogP contribution is 2.41. The number of hydrogen-bond donors (Lipinski definition) is 1. The van der Waals surface area contributed by atoms with Crippen LogP contribution in [0.15, 0.2) is 52.8 Å². The summed E-state index contributed by atoms with van der Waals surface area (Å²) in [6.45, 7) is 1.57. The minimum absolute atomic E-state index is 0.0161. The van der Waals surface area contributed by atoms with E-state index in [1.807, 2.05) is 30.3 Å². The lowest BCUT2D eigenvalue weighted by atomic mass is 10.1. The van der Waals surface area contributed by atoms with Crippen molar-refractivity contribution in [1.29, 1.82) is 0 Å². The number of carbonyl (C=O) groups excluding carboxylic acids is 1. The van der Waals surface area contributed by atoms with Gasteiger partial charge >= 0.3 is 12.1 Å². The van der Waals surface area contributed by atoms with E-state index in [2.05, 4.69) is 10.1 Å². The van der Waals surface area contributed by atoms with Gasteiger partial charge in [0.1, 0.15) is 11.3 Å². The van der Waals surface area contributed by atoms with E-state index in [0.717, 1.165) is 28.7 Å². The van der Waals surface area contributed by atoms with Gasteiger partial charge in [0.05, 0.1) is 12.2 Å². The Hall–Kier alpha value is -3.40. The SMILES string of the molecule is CCOC(=O)c1cnc2c(-c3cc(-c4ccccc4)cs3)c(C(F)(F)F)[nH]n2c1=O. The van der Waals surface area contributed by atoms with Crippen molar-refractivity contribution in [3.63, 3.8) is 0 Å². The Morgan fingerprint density at radius 3 is 2.63 bits per heavy atom. The van der Waals surface area contributed by atoms with Crippen LogP contribution in [-0.2, 0) is 10.9 Å². The average Bonchev–Trinajstić information content (AvgIpc) is 3.34. The van der Waals surface area contributed by atoms with Gasteiger partial charge in [0, 0.05) is 11.1 Å². The Morgan fingerprint density at radius 2 is 1.97 bits per heavy atom. The summed E-state index contributed by atoms with van der Waals surface area (Å²) in [7, 11) is 0. The number of fused-ring (bicyclic) bond motifs is 1. The largest absolute Gasteiger partial charge is 0.462 e. The first-order valence-corrected chi connectivity index (χ1v) is 9.71. The summed E-state index contributed by atoms with van der Waals surface area (Å²) in [6.07, 6.45) is -3.82. The van der Waals surface area contributed by atoms with Crippen molar-refractivity contribution in [2.24, 2.45) is 0 Å². The molecule has 0 aliphatic heterocycles. The maximum Gasteiger partial charge on any atom is 0.433 e. The molecule has 154 valence electrons. The summed E-state index contributed by atoms with van der Waals surface area (Å²) in [5.74, 6) is -0.948. The molecule has 3 aromatic heterocycles. The van der Waals surface area contributed by atoms with Crippen LogP contribution in [0.25, 0.3) is 27.2 Å². The predicted molar refractivity (Wildman–Crippen MR) is 106 cm³/mol. The zero-order valence-corrected chi connectivity index (χ0v) is 16.3. The summed E-state index contributed by atoms with van der Waals surface area (Å²) >= 11 is 1.10. The number of benzene rings is 1. The molecule has 0 radical (unpaired) electrons. The first kappa shape index (κ1) is 19.9. The number of nitrogens with zero attached hydrogens (tertiary/aromatic N) is 2. The normalized spacial score (nSPS) is 11.7. The van der Waals surface area contributed by atoms with Crippen LogP contribution in [0, 0.1) is 0 Å². The number of carbonyl (C=O) groups is 1. The van der Waals surface area contributed by atoms with Gasteiger partial charge in [-0.3, -0.25) is 9.89 Å². The fourth-order valence-electron chi connectivity index (χ4n) is 3.05. The van der Waals surface area contributed by atoms with E-state index in [9.17, 15) is 22.8 Å². The van der Waals surface area contributed by atoms with Gasteiger partial charge in [0.15, 0.2) is 5.65 Å². The van der Waals surface area contributed by atoms with Gasteiger partial charge in [-0.25, -0.2) is 9.78 Å². The summed E-state index contributed by atoms with van der Waals surface area (Å²) in [6, 6.07) is 10.8. The second-order valence-electron chi connectivity index (χ2n) is 6.28. The number of halogens is 3. The van der Waals surface area contributed by atoms with E-state index in [4.69, 9.17) is 4.74 Å². The van der Waals surface area contributed by atoms with E-state index in [1.165, 1.54) is 0 Å². The third kappa shape index (κ3) is 3.39. The number of aromatic amines is 1. The van der Waals surface area contributed by atoms with Crippen LogP contribution in [-0.4, -0.2) is 27.2 Å². The maximum absolute atomic E-state index is 13.8. The number of esters is 1. The van der Waals surface area contributed by atoms with Crippen molar-refractivity contribution >= 4 is 23.0 Å². The Kier molecular flexibility index (Phi) is 4.94. The molecule has 0 saturated carbocycles. The highest BCUT2D eigenvalue weighted by atomic mass is 32.1. The molecule has 0 aliphatic carbocycles. The van der Waals surface area contributed by atoms with Gasteiger partial charge in [0.2, 0.25) is 0 Å². The van der Waals surface area contributed by atoms with Crippen molar-refractivity contribution in [3.05, 3.63) is 69.6 Å². The molecule has 0 amide bonds. The van der Waals surface area contributed by atoms with Crippen LogP contribution in [0.1, 0.15) is 23.0 Å². The lowest BCUT2D eigenvalue weighted by Gasteiger charge is -2.05. The average molecular weight is 433 g/mol. The molecule has 0 saturated heterocycles. The Balaban J connectivity index is 1.93. The van der Waals surface area contributed by atoms with Gasteiger partial charge in [-0.05, 0) is 29.5 Å². The van der Waals surface area contributed by atoms with Crippen LogP contribution >= 0.6 is 11.3 Å². The minimum atomic E-state index is -4.77. The number of rotatable bonds is 4. The third-order valence-electron chi connectivity index (χ3n) is 4.39. The van der Waals surface area contributed by atoms with Crippen LogP contribution in [0.5, 0.6) is 0 Å².